The van der Waals surface area contributed by atoms with Gasteiger partial charge in [-0.25, -0.2) is 9.97 Å². The van der Waals surface area contributed by atoms with Crippen LogP contribution in [0.5, 0.6) is 0 Å². The third-order valence-corrected chi connectivity index (χ3v) is 3.47. The summed E-state index contributed by atoms with van der Waals surface area (Å²) in [4.78, 5) is 22.9. The van der Waals surface area contributed by atoms with Crippen molar-refractivity contribution in [2.75, 3.05) is 32.1 Å². The van der Waals surface area contributed by atoms with Crippen molar-refractivity contribution in [3.63, 3.8) is 0 Å². The van der Waals surface area contributed by atoms with Crippen molar-refractivity contribution in [3.8, 4) is 0 Å². The molecule has 1 N–H and O–H groups in total. The van der Waals surface area contributed by atoms with Crippen LogP contribution in [0.25, 0.3) is 0 Å². The van der Waals surface area contributed by atoms with Gasteiger partial charge < -0.3 is 15.0 Å². The number of carbonyl (C=O) groups is 1. The Labute approximate surface area is 125 Å². The molecule has 6 heteroatoms. The molecule has 0 bridgehead atoms. The maximum Gasteiger partial charge on any atom is 0.270 e. The first kappa shape index (κ1) is 15.7. The lowest BCUT2D eigenvalue weighted by molar-refractivity contribution is 0.0853. The normalized spacial score (nSPS) is 18.0. The number of hydrogen-bond acceptors (Lipinski definition) is 5. The minimum atomic E-state index is -0.169. The highest BCUT2D eigenvalue weighted by molar-refractivity contribution is 5.92. The summed E-state index contributed by atoms with van der Waals surface area (Å²) >= 11 is 0. The Kier molecular flexibility index (Phi) is 5.12. The molecule has 1 unspecified atom stereocenters. The van der Waals surface area contributed by atoms with Gasteiger partial charge in [-0.05, 0) is 24.8 Å². The molecule has 21 heavy (non-hydrogen) atoms. The third kappa shape index (κ3) is 4.14. The topological polar surface area (TPSA) is 67.3 Å². The van der Waals surface area contributed by atoms with Crippen molar-refractivity contribution < 1.29 is 9.53 Å². The van der Waals surface area contributed by atoms with E-state index in [-0.39, 0.29) is 17.9 Å². The van der Waals surface area contributed by atoms with Crippen LogP contribution in [0.15, 0.2) is 6.07 Å². The number of ether oxygens (including phenoxy) is 1. The molecule has 2 heterocycles. The fraction of sp³-hybridized carbons (Fsp3) is 0.667. The summed E-state index contributed by atoms with van der Waals surface area (Å²) in [5.41, 5.74) is 1.28. The van der Waals surface area contributed by atoms with Gasteiger partial charge in [0.15, 0.2) is 0 Å². The van der Waals surface area contributed by atoms with Crippen LogP contribution in [0.3, 0.4) is 0 Å². The van der Waals surface area contributed by atoms with Gasteiger partial charge in [-0.1, -0.05) is 13.8 Å². The molecule has 0 saturated carbocycles. The third-order valence-electron chi connectivity index (χ3n) is 3.47. The molecule has 1 aliphatic rings. The monoisotopic (exact) mass is 292 g/mol. The maximum absolute atomic E-state index is 12.3. The average Bonchev–Trinajstić information content (AvgIpc) is 2.97. The van der Waals surface area contributed by atoms with Crippen molar-refractivity contribution in [3.05, 3.63) is 17.5 Å². The fourth-order valence-corrected chi connectivity index (χ4v) is 2.17. The minimum absolute atomic E-state index is 0.133. The van der Waals surface area contributed by atoms with Crippen LogP contribution in [-0.4, -0.2) is 49.2 Å². The molecule has 0 spiro atoms. The molecule has 1 fully saturated rings. The molecular weight excluding hydrogens is 268 g/mol. The highest BCUT2D eigenvalue weighted by Gasteiger charge is 2.18. The molecule has 0 radical (unpaired) electrons. The first-order chi connectivity index (χ1) is 9.97. The molecule has 0 aliphatic carbocycles. The van der Waals surface area contributed by atoms with E-state index in [0.29, 0.717) is 18.2 Å². The van der Waals surface area contributed by atoms with Gasteiger partial charge in [-0.15, -0.1) is 0 Å². The first-order valence-corrected chi connectivity index (χ1v) is 7.43. The number of rotatable bonds is 5. The van der Waals surface area contributed by atoms with E-state index in [9.17, 15) is 4.79 Å². The van der Waals surface area contributed by atoms with E-state index in [1.165, 1.54) is 0 Å². The van der Waals surface area contributed by atoms with E-state index in [0.717, 1.165) is 25.1 Å². The van der Waals surface area contributed by atoms with E-state index in [2.05, 4.69) is 29.1 Å². The first-order valence-electron chi connectivity index (χ1n) is 7.43. The number of amides is 1. The minimum Gasteiger partial charge on any atom is -0.376 e. The number of anilines is 1. The van der Waals surface area contributed by atoms with Crippen LogP contribution in [0.2, 0.25) is 0 Å². The molecule has 2 rings (SSSR count). The van der Waals surface area contributed by atoms with Gasteiger partial charge in [0, 0.05) is 32.9 Å². The van der Waals surface area contributed by atoms with Gasteiger partial charge in [-0.2, -0.15) is 0 Å². The summed E-state index contributed by atoms with van der Waals surface area (Å²) in [5, 5.41) is 2.90. The molecule has 116 valence electrons. The zero-order valence-electron chi connectivity index (χ0n) is 13.2. The number of aromatic nitrogens is 2. The second kappa shape index (κ2) is 6.85. The lowest BCUT2D eigenvalue weighted by Gasteiger charge is -2.15. The second-order valence-corrected chi connectivity index (χ2v) is 5.87. The fourth-order valence-electron chi connectivity index (χ4n) is 2.17. The summed E-state index contributed by atoms with van der Waals surface area (Å²) in [6, 6.07) is 1.77. The molecule has 1 saturated heterocycles. The molecular formula is C15H24N4O2. The predicted molar refractivity (Wildman–Crippen MR) is 81.8 cm³/mol. The molecule has 1 aliphatic heterocycles. The number of nitrogens with zero attached hydrogens (tertiary/aromatic N) is 3. The summed E-state index contributed by atoms with van der Waals surface area (Å²) in [7, 11) is 3.74. The summed E-state index contributed by atoms with van der Waals surface area (Å²) < 4.78 is 5.51. The SMILES string of the molecule is CC(C)c1cc(C(=O)NCC2CCCO2)nc(N(C)C)n1. The molecule has 1 atom stereocenters. The largest absolute Gasteiger partial charge is 0.376 e. The quantitative estimate of drug-likeness (QED) is 0.892. The van der Waals surface area contributed by atoms with Crippen LogP contribution in [0, 0.1) is 0 Å². The Bertz CT molecular complexity index is 470. The number of carbonyl (C=O) groups excluding carboxylic acids is 1. The summed E-state index contributed by atoms with van der Waals surface area (Å²) in [6.07, 6.45) is 2.20. The van der Waals surface area contributed by atoms with E-state index in [1.807, 2.05) is 19.0 Å². The maximum atomic E-state index is 12.3. The number of hydrogen-bond donors (Lipinski definition) is 1. The zero-order chi connectivity index (χ0) is 15.4. The van der Waals surface area contributed by atoms with Crippen molar-refractivity contribution in [2.24, 2.45) is 0 Å². The molecule has 0 aromatic carbocycles. The Balaban J connectivity index is 2.11. The Morgan fingerprint density at radius 2 is 2.24 bits per heavy atom. The van der Waals surface area contributed by atoms with E-state index in [4.69, 9.17) is 4.74 Å². The van der Waals surface area contributed by atoms with Crippen molar-refractivity contribution in [1.82, 2.24) is 15.3 Å². The van der Waals surface area contributed by atoms with Crippen LogP contribution >= 0.6 is 0 Å². The van der Waals surface area contributed by atoms with Crippen molar-refractivity contribution in [1.29, 1.82) is 0 Å². The van der Waals surface area contributed by atoms with E-state index >= 15 is 0 Å². The summed E-state index contributed by atoms with van der Waals surface area (Å²) in [5.74, 6) is 0.637. The van der Waals surface area contributed by atoms with Gasteiger partial charge in [-0.3, -0.25) is 4.79 Å². The van der Waals surface area contributed by atoms with Gasteiger partial charge in [0.25, 0.3) is 5.91 Å². The molecule has 1 amide bonds. The second-order valence-electron chi connectivity index (χ2n) is 5.87. The highest BCUT2D eigenvalue weighted by Crippen LogP contribution is 2.16. The van der Waals surface area contributed by atoms with Crippen molar-refractivity contribution >= 4 is 11.9 Å². The Morgan fingerprint density at radius 3 is 2.81 bits per heavy atom. The Morgan fingerprint density at radius 1 is 1.48 bits per heavy atom. The highest BCUT2D eigenvalue weighted by atomic mass is 16.5. The van der Waals surface area contributed by atoms with Gasteiger partial charge in [0.1, 0.15) is 5.69 Å². The molecule has 1 aromatic heterocycles. The Hall–Kier alpha value is -1.69. The van der Waals surface area contributed by atoms with Gasteiger partial charge >= 0.3 is 0 Å². The van der Waals surface area contributed by atoms with Crippen LogP contribution < -0.4 is 10.2 Å². The van der Waals surface area contributed by atoms with Crippen LogP contribution in [0.1, 0.15) is 48.8 Å². The average molecular weight is 292 g/mol. The van der Waals surface area contributed by atoms with Gasteiger partial charge in [0.2, 0.25) is 5.95 Å². The lowest BCUT2D eigenvalue weighted by atomic mass is 10.1. The number of nitrogens with one attached hydrogen (secondary N) is 1. The van der Waals surface area contributed by atoms with E-state index < -0.39 is 0 Å². The zero-order valence-corrected chi connectivity index (χ0v) is 13.2. The summed E-state index contributed by atoms with van der Waals surface area (Å²) in [6.45, 7) is 5.43. The standard InChI is InChI=1S/C15H24N4O2/c1-10(2)12-8-13(18-15(17-12)19(3)4)14(20)16-9-11-6-5-7-21-11/h8,10-11H,5-7,9H2,1-4H3,(H,16,20). The lowest BCUT2D eigenvalue weighted by Crippen LogP contribution is -2.32. The molecule has 6 nitrogen and oxygen atoms in total. The van der Waals surface area contributed by atoms with Crippen LogP contribution in [-0.2, 0) is 4.74 Å². The molecule has 1 aromatic rings. The van der Waals surface area contributed by atoms with Gasteiger partial charge in [0.05, 0.1) is 6.10 Å². The smallest absolute Gasteiger partial charge is 0.270 e. The van der Waals surface area contributed by atoms with Crippen LogP contribution in [0.4, 0.5) is 5.95 Å². The van der Waals surface area contributed by atoms with Crippen molar-refractivity contribution in [2.45, 2.75) is 38.7 Å². The van der Waals surface area contributed by atoms with E-state index in [1.54, 1.807) is 6.07 Å². The predicted octanol–water partition coefficient (Wildman–Crippen LogP) is 1.57.